The molecule has 0 aromatic heterocycles. The molecule has 0 aromatic rings. The maximum Gasteiger partial charge on any atom is 0.0885 e. The summed E-state index contributed by atoms with van der Waals surface area (Å²) in [5, 5.41) is 24.6. The maximum absolute atomic E-state index is 11.4. The van der Waals surface area contributed by atoms with Crippen molar-refractivity contribution in [2.75, 3.05) is 13.1 Å². The summed E-state index contributed by atoms with van der Waals surface area (Å²) >= 11 is 0. The Morgan fingerprint density at radius 3 is 2.50 bits per heavy atom. The van der Waals surface area contributed by atoms with E-state index in [2.05, 4.69) is 25.2 Å². The highest BCUT2D eigenvalue weighted by molar-refractivity contribution is 5.16. The average Bonchev–Trinajstić information content (AvgIpc) is 2.49. The van der Waals surface area contributed by atoms with E-state index in [-0.39, 0.29) is 5.92 Å². The fourth-order valence-corrected chi connectivity index (χ4v) is 4.55. The molecule has 20 heavy (non-hydrogen) atoms. The zero-order valence-corrected chi connectivity index (χ0v) is 13.1. The summed E-state index contributed by atoms with van der Waals surface area (Å²) in [5.74, 6) is 0.991. The lowest BCUT2D eigenvalue weighted by Gasteiger charge is -2.52. The van der Waals surface area contributed by atoms with E-state index in [1.165, 1.54) is 12.8 Å². The van der Waals surface area contributed by atoms with Crippen LogP contribution in [0.25, 0.3) is 0 Å². The topological polar surface area (TPSA) is 56.0 Å². The van der Waals surface area contributed by atoms with Crippen LogP contribution in [0.15, 0.2) is 0 Å². The van der Waals surface area contributed by atoms with Crippen LogP contribution in [0.3, 0.4) is 0 Å². The van der Waals surface area contributed by atoms with Crippen LogP contribution in [-0.2, 0) is 0 Å². The Kier molecular flexibility index (Phi) is 5.09. The van der Waals surface area contributed by atoms with Crippen molar-refractivity contribution < 1.29 is 5.11 Å². The molecule has 2 N–H and O–H groups in total. The van der Waals surface area contributed by atoms with Gasteiger partial charge in [0.15, 0.2) is 0 Å². The van der Waals surface area contributed by atoms with Gasteiger partial charge in [-0.1, -0.05) is 26.7 Å². The lowest BCUT2D eigenvalue weighted by molar-refractivity contribution is -0.135. The Hall–Kier alpha value is -0.590. The molecule has 2 fully saturated rings. The van der Waals surface area contributed by atoms with Crippen molar-refractivity contribution >= 4 is 0 Å². The zero-order chi connectivity index (χ0) is 14.6. The third-order valence-electron chi connectivity index (χ3n) is 5.94. The second-order valence-corrected chi connectivity index (χ2v) is 6.91. The number of nitrogens with one attached hydrogen (secondary N) is 1. The van der Waals surface area contributed by atoms with E-state index in [0.29, 0.717) is 0 Å². The van der Waals surface area contributed by atoms with Crippen LogP contribution >= 0.6 is 0 Å². The van der Waals surface area contributed by atoms with Gasteiger partial charge in [-0.25, -0.2) is 0 Å². The molecule has 2 atom stereocenters. The van der Waals surface area contributed by atoms with Gasteiger partial charge in [0, 0.05) is 12.5 Å². The van der Waals surface area contributed by atoms with Crippen molar-refractivity contribution in [3.8, 4) is 6.07 Å². The normalized spacial score (nSPS) is 42.1. The molecule has 0 spiro atoms. The molecule has 0 amide bonds. The van der Waals surface area contributed by atoms with Gasteiger partial charge in [-0.3, -0.25) is 0 Å². The second kappa shape index (κ2) is 6.45. The first kappa shape index (κ1) is 15.8. The smallest absolute Gasteiger partial charge is 0.0885 e. The van der Waals surface area contributed by atoms with Crippen LogP contribution in [0.5, 0.6) is 0 Å². The summed E-state index contributed by atoms with van der Waals surface area (Å²) in [6.07, 6.45) is 8.21. The minimum atomic E-state index is -0.779. The van der Waals surface area contributed by atoms with Gasteiger partial charge < -0.3 is 10.4 Å². The van der Waals surface area contributed by atoms with Gasteiger partial charge in [-0.05, 0) is 51.0 Å². The number of nitrogens with zero attached hydrogens (tertiary/aromatic N) is 1. The van der Waals surface area contributed by atoms with Crippen molar-refractivity contribution in [3.63, 3.8) is 0 Å². The molecular formula is C17H30N2O. The third kappa shape index (κ3) is 2.61. The van der Waals surface area contributed by atoms with E-state index in [1.807, 2.05) is 0 Å². The van der Waals surface area contributed by atoms with Crippen molar-refractivity contribution in [2.24, 2.45) is 17.3 Å². The summed E-state index contributed by atoms with van der Waals surface area (Å²) in [6, 6.07) is 2.58. The molecule has 1 saturated carbocycles. The molecule has 0 radical (unpaired) electrons. The summed E-state index contributed by atoms with van der Waals surface area (Å²) in [4.78, 5) is 0. The standard InChI is InChI=1S/C17H30N2O/c1-3-5-14-6-8-16(13-18,9-7-14)17(20)10-11-19-12-15(17)4-2/h14-15,19-20H,3-12H2,1-2H3. The predicted molar refractivity (Wildman–Crippen MR) is 81.1 cm³/mol. The zero-order valence-electron chi connectivity index (χ0n) is 13.1. The molecule has 1 saturated heterocycles. The van der Waals surface area contributed by atoms with Gasteiger partial charge in [0.2, 0.25) is 0 Å². The number of aliphatic hydroxyl groups is 1. The van der Waals surface area contributed by atoms with Crippen LogP contribution < -0.4 is 5.32 Å². The number of hydrogen-bond donors (Lipinski definition) is 2. The SMILES string of the molecule is CCCC1CCC(C#N)(C2(O)CCNCC2CC)CC1. The van der Waals surface area contributed by atoms with Crippen LogP contribution in [0.2, 0.25) is 0 Å². The summed E-state index contributed by atoms with van der Waals surface area (Å²) in [6.45, 7) is 6.07. The molecule has 1 aliphatic carbocycles. The van der Waals surface area contributed by atoms with Crippen LogP contribution in [-0.4, -0.2) is 23.8 Å². The number of nitriles is 1. The lowest BCUT2D eigenvalue weighted by atomic mass is 9.56. The number of piperidine rings is 1. The van der Waals surface area contributed by atoms with Crippen molar-refractivity contribution in [3.05, 3.63) is 0 Å². The van der Waals surface area contributed by atoms with E-state index < -0.39 is 11.0 Å². The lowest BCUT2D eigenvalue weighted by Crippen LogP contribution is -2.60. The fourth-order valence-electron chi connectivity index (χ4n) is 4.55. The maximum atomic E-state index is 11.4. The summed E-state index contributed by atoms with van der Waals surface area (Å²) in [5.41, 5.74) is -1.28. The third-order valence-corrected chi connectivity index (χ3v) is 5.94. The molecule has 3 heteroatoms. The largest absolute Gasteiger partial charge is 0.388 e. The van der Waals surface area contributed by atoms with Gasteiger partial charge >= 0.3 is 0 Å². The molecule has 2 aliphatic rings. The van der Waals surface area contributed by atoms with Gasteiger partial charge in [0.25, 0.3) is 0 Å². The molecule has 3 nitrogen and oxygen atoms in total. The van der Waals surface area contributed by atoms with E-state index >= 15 is 0 Å². The van der Waals surface area contributed by atoms with E-state index in [0.717, 1.165) is 57.5 Å². The molecule has 2 unspecified atom stereocenters. The highest BCUT2D eigenvalue weighted by Gasteiger charge is 2.56. The highest BCUT2D eigenvalue weighted by atomic mass is 16.3. The monoisotopic (exact) mass is 278 g/mol. The molecule has 2 rings (SSSR count). The van der Waals surface area contributed by atoms with Crippen LogP contribution in [0, 0.1) is 28.6 Å². The minimum absolute atomic E-state index is 0.221. The molecule has 0 aromatic carbocycles. The van der Waals surface area contributed by atoms with Crippen LogP contribution in [0.4, 0.5) is 0 Å². The Morgan fingerprint density at radius 2 is 1.95 bits per heavy atom. The van der Waals surface area contributed by atoms with Crippen molar-refractivity contribution in [1.29, 1.82) is 5.26 Å². The van der Waals surface area contributed by atoms with E-state index in [1.54, 1.807) is 0 Å². The highest BCUT2D eigenvalue weighted by Crippen LogP contribution is 2.52. The average molecular weight is 278 g/mol. The fraction of sp³-hybridized carbons (Fsp3) is 0.941. The minimum Gasteiger partial charge on any atom is -0.388 e. The Balaban J connectivity index is 2.16. The molecule has 1 aliphatic heterocycles. The Labute approximate surface area is 123 Å². The molecule has 1 heterocycles. The second-order valence-electron chi connectivity index (χ2n) is 6.91. The predicted octanol–water partition coefficient (Wildman–Crippen LogP) is 3.24. The van der Waals surface area contributed by atoms with Gasteiger partial charge in [0.1, 0.15) is 0 Å². The first-order valence-electron chi connectivity index (χ1n) is 8.46. The van der Waals surface area contributed by atoms with Gasteiger partial charge in [0.05, 0.1) is 17.1 Å². The molecule has 0 bridgehead atoms. The molecular weight excluding hydrogens is 248 g/mol. The Morgan fingerprint density at radius 1 is 1.25 bits per heavy atom. The number of rotatable bonds is 4. The Bertz CT molecular complexity index is 354. The van der Waals surface area contributed by atoms with Crippen molar-refractivity contribution in [1.82, 2.24) is 5.32 Å². The van der Waals surface area contributed by atoms with Gasteiger partial charge in [-0.2, -0.15) is 5.26 Å². The number of hydrogen-bond acceptors (Lipinski definition) is 3. The summed E-state index contributed by atoms with van der Waals surface area (Å²) < 4.78 is 0. The van der Waals surface area contributed by atoms with E-state index in [9.17, 15) is 10.4 Å². The first-order chi connectivity index (χ1) is 9.62. The molecule has 114 valence electrons. The quantitative estimate of drug-likeness (QED) is 0.830. The summed E-state index contributed by atoms with van der Waals surface area (Å²) in [7, 11) is 0. The van der Waals surface area contributed by atoms with Gasteiger partial charge in [-0.15, -0.1) is 0 Å². The van der Waals surface area contributed by atoms with Crippen molar-refractivity contribution in [2.45, 2.75) is 70.8 Å². The first-order valence-corrected chi connectivity index (χ1v) is 8.46. The van der Waals surface area contributed by atoms with E-state index in [4.69, 9.17) is 0 Å². The van der Waals surface area contributed by atoms with Crippen LogP contribution in [0.1, 0.15) is 65.2 Å².